The molecule has 2 aromatic carbocycles. The van der Waals surface area contributed by atoms with Gasteiger partial charge in [0.1, 0.15) is 5.58 Å². The lowest BCUT2D eigenvalue weighted by Crippen LogP contribution is -2.16. The molecule has 0 aliphatic rings. The van der Waals surface area contributed by atoms with Crippen LogP contribution in [0.4, 0.5) is 0 Å². The molecule has 0 spiro atoms. The number of carbonyl (C=O) groups is 1. The van der Waals surface area contributed by atoms with Gasteiger partial charge in [-0.3, -0.25) is 4.79 Å². The highest BCUT2D eigenvalue weighted by atomic mass is 35.5. The van der Waals surface area contributed by atoms with Crippen molar-refractivity contribution in [2.75, 3.05) is 6.61 Å². The third kappa shape index (κ3) is 5.09. The van der Waals surface area contributed by atoms with Gasteiger partial charge < -0.3 is 13.9 Å². The molecule has 1 heterocycles. The van der Waals surface area contributed by atoms with E-state index in [1.54, 1.807) is 24.3 Å². The number of rotatable bonds is 8. The maximum atomic E-state index is 12.3. The van der Waals surface area contributed by atoms with E-state index in [2.05, 4.69) is 10.5 Å². The molecule has 29 heavy (non-hydrogen) atoms. The van der Waals surface area contributed by atoms with Crippen LogP contribution in [0.2, 0.25) is 5.02 Å². The summed E-state index contributed by atoms with van der Waals surface area (Å²) in [7, 11) is 0. The van der Waals surface area contributed by atoms with E-state index in [1.165, 1.54) is 6.21 Å². The quantitative estimate of drug-likeness (QED) is 0.394. The van der Waals surface area contributed by atoms with E-state index in [4.69, 9.17) is 25.5 Å². The molecule has 0 saturated heterocycles. The normalized spacial score (nSPS) is 12.3. The fraction of sp³-hybridized carbons (Fsp3) is 0.273. The molecule has 0 radical (unpaired) electrons. The topological polar surface area (TPSA) is 73.1 Å². The van der Waals surface area contributed by atoms with Crippen molar-refractivity contribution in [3.63, 3.8) is 0 Å². The zero-order chi connectivity index (χ0) is 20.8. The first kappa shape index (κ1) is 20.7. The van der Waals surface area contributed by atoms with Gasteiger partial charge in [0.2, 0.25) is 0 Å². The molecule has 0 fully saturated rings. The summed E-state index contributed by atoms with van der Waals surface area (Å²) in [6.45, 7) is 6.35. The van der Waals surface area contributed by atoms with Crippen molar-refractivity contribution in [3.05, 3.63) is 58.8 Å². The Morgan fingerprint density at radius 2 is 2.07 bits per heavy atom. The second kappa shape index (κ2) is 9.47. The number of furan rings is 1. The molecule has 0 aliphatic carbocycles. The number of para-hydroxylation sites is 1. The Labute approximate surface area is 174 Å². The molecule has 0 unspecified atom stereocenters. The van der Waals surface area contributed by atoms with E-state index in [1.807, 2.05) is 39.0 Å². The van der Waals surface area contributed by atoms with Gasteiger partial charge in [-0.05, 0) is 50.1 Å². The zero-order valence-electron chi connectivity index (χ0n) is 16.6. The lowest BCUT2D eigenvalue weighted by Gasteiger charge is -2.18. The maximum absolute atomic E-state index is 12.3. The highest BCUT2D eigenvalue weighted by molar-refractivity contribution is 6.32. The van der Waals surface area contributed by atoms with Crippen LogP contribution in [0.25, 0.3) is 11.0 Å². The summed E-state index contributed by atoms with van der Waals surface area (Å²) in [4.78, 5) is 12.3. The van der Waals surface area contributed by atoms with E-state index in [9.17, 15) is 4.79 Å². The van der Waals surface area contributed by atoms with Gasteiger partial charge in [-0.1, -0.05) is 36.7 Å². The number of carbonyl (C=O) groups excluding carboxylic acids is 1. The Hall–Kier alpha value is -2.99. The summed E-state index contributed by atoms with van der Waals surface area (Å²) in [5.41, 5.74) is 3.77. The summed E-state index contributed by atoms with van der Waals surface area (Å²) in [6, 6.07) is 12.6. The van der Waals surface area contributed by atoms with Crippen LogP contribution in [-0.4, -0.2) is 24.8 Å². The average molecular weight is 415 g/mol. The van der Waals surface area contributed by atoms with Gasteiger partial charge in [0.05, 0.1) is 23.9 Å². The second-order valence-electron chi connectivity index (χ2n) is 6.45. The molecule has 1 aromatic heterocycles. The van der Waals surface area contributed by atoms with Crippen molar-refractivity contribution >= 4 is 34.7 Å². The van der Waals surface area contributed by atoms with Gasteiger partial charge in [0.15, 0.2) is 17.3 Å². The minimum atomic E-state index is -0.440. The number of halogens is 1. The summed E-state index contributed by atoms with van der Waals surface area (Å²) in [6.07, 6.45) is 2.34. The number of nitrogens with one attached hydrogen (secondary N) is 1. The molecule has 3 rings (SSSR count). The number of ether oxygens (including phenoxy) is 2. The Bertz CT molecular complexity index is 996. The number of hydrogen-bond acceptors (Lipinski definition) is 5. The van der Waals surface area contributed by atoms with E-state index in [0.717, 1.165) is 11.8 Å². The van der Waals surface area contributed by atoms with E-state index >= 15 is 0 Å². The lowest BCUT2D eigenvalue weighted by molar-refractivity contribution is 0.0929. The first-order chi connectivity index (χ1) is 14.0. The van der Waals surface area contributed by atoms with Crippen molar-refractivity contribution in [2.45, 2.75) is 33.3 Å². The fourth-order valence-electron chi connectivity index (χ4n) is 2.64. The van der Waals surface area contributed by atoms with Crippen LogP contribution in [-0.2, 0) is 0 Å². The molecule has 3 aromatic rings. The molecule has 1 atom stereocenters. The van der Waals surface area contributed by atoms with Crippen LogP contribution in [0.15, 0.2) is 52.0 Å². The smallest absolute Gasteiger partial charge is 0.307 e. The number of hydrazone groups is 1. The molecular formula is C22H23ClN2O4. The van der Waals surface area contributed by atoms with E-state index in [0.29, 0.717) is 34.3 Å². The highest BCUT2D eigenvalue weighted by Gasteiger charge is 2.15. The molecule has 7 heteroatoms. The van der Waals surface area contributed by atoms with Gasteiger partial charge in [-0.2, -0.15) is 5.10 Å². The predicted octanol–water partition coefficient (Wildman–Crippen LogP) is 5.43. The highest BCUT2D eigenvalue weighted by Crippen LogP contribution is 2.37. The first-order valence-corrected chi connectivity index (χ1v) is 9.84. The van der Waals surface area contributed by atoms with Crippen LogP contribution < -0.4 is 14.9 Å². The number of fused-ring (bicyclic) bond motifs is 1. The van der Waals surface area contributed by atoms with Gasteiger partial charge in [-0.15, -0.1) is 0 Å². The summed E-state index contributed by atoms with van der Waals surface area (Å²) in [5, 5.41) is 5.27. The minimum absolute atomic E-state index is 0.00863. The van der Waals surface area contributed by atoms with Gasteiger partial charge >= 0.3 is 5.91 Å². The standard InChI is InChI=1S/C22H23ClN2O4/c1-4-14(3)28-21-17(23)10-15(11-19(21)27-5-2)13-24-25-22(26)20-12-16-8-6-7-9-18(16)29-20/h6-14H,4-5H2,1-3H3,(H,25,26)/b24-13+/t14-/m1/s1. The van der Waals surface area contributed by atoms with Crippen molar-refractivity contribution in [1.29, 1.82) is 0 Å². The van der Waals surface area contributed by atoms with Crippen molar-refractivity contribution in [1.82, 2.24) is 5.43 Å². The predicted molar refractivity (Wildman–Crippen MR) is 114 cm³/mol. The van der Waals surface area contributed by atoms with Gasteiger partial charge in [0.25, 0.3) is 0 Å². The zero-order valence-corrected chi connectivity index (χ0v) is 17.3. The molecular weight excluding hydrogens is 392 g/mol. The van der Waals surface area contributed by atoms with E-state index < -0.39 is 5.91 Å². The van der Waals surface area contributed by atoms with Crippen LogP contribution in [0.1, 0.15) is 43.3 Å². The van der Waals surface area contributed by atoms with Crippen molar-refractivity contribution in [2.24, 2.45) is 5.10 Å². The molecule has 0 saturated carbocycles. The first-order valence-electron chi connectivity index (χ1n) is 9.46. The van der Waals surface area contributed by atoms with Crippen molar-refractivity contribution in [3.8, 4) is 11.5 Å². The Morgan fingerprint density at radius 1 is 1.28 bits per heavy atom. The van der Waals surface area contributed by atoms with Crippen LogP contribution >= 0.6 is 11.6 Å². The fourth-order valence-corrected chi connectivity index (χ4v) is 2.90. The summed E-state index contributed by atoms with van der Waals surface area (Å²) in [5.74, 6) is 0.788. The molecule has 152 valence electrons. The average Bonchev–Trinajstić information content (AvgIpc) is 3.15. The molecule has 0 aliphatic heterocycles. The second-order valence-corrected chi connectivity index (χ2v) is 6.85. The number of benzene rings is 2. The number of nitrogens with zero attached hydrogens (tertiary/aromatic N) is 1. The third-order valence-corrected chi connectivity index (χ3v) is 4.54. The molecule has 1 N–H and O–H groups in total. The number of hydrogen-bond donors (Lipinski definition) is 1. The van der Waals surface area contributed by atoms with Crippen LogP contribution in [0.3, 0.4) is 0 Å². The molecule has 0 bridgehead atoms. The maximum Gasteiger partial charge on any atom is 0.307 e. The number of amides is 1. The Balaban J connectivity index is 1.74. The Kier molecular flexibility index (Phi) is 6.77. The molecule has 1 amide bonds. The largest absolute Gasteiger partial charge is 0.490 e. The SMILES string of the molecule is CCOc1cc(/C=N/NC(=O)c2cc3ccccc3o2)cc(Cl)c1O[C@H](C)CC. The van der Waals surface area contributed by atoms with Crippen LogP contribution in [0.5, 0.6) is 11.5 Å². The third-order valence-electron chi connectivity index (χ3n) is 4.25. The van der Waals surface area contributed by atoms with E-state index in [-0.39, 0.29) is 11.9 Å². The van der Waals surface area contributed by atoms with Gasteiger partial charge in [-0.25, -0.2) is 5.43 Å². The monoisotopic (exact) mass is 414 g/mol. The minimum Gasteiger partial charge on any atom is -0.490 e. The molecule has 6 nitrogen and oxygen atoms in total. The van der Waals surface area contributed by atoms with Gasteiger partial charge in [0, 0.05) is 5.39 Å². The Morgan fingerprint density at radius 3 is 2.79 bits per heavy atom. The van der Waals surface area contributed by atoms with Crippen molar-refractivity contribution < 1.29 is 18.7 Å². The lowest BCUT2D eigenvalue weighted by atomic mass is 10.2. The summed E-state index contributed by atoms with van der Waals surface area (Å²) >= 11 is 6.38. The summed E-state index contributed by atoms with van der Waals surface area (Å²) < 4.78 is 17.1. The van der Waals surface area contributed by atoms with Crippen LogP contribution in [0, 0.1) is 0 Å².